The van der Waals surface area contributed by atoms with Crippen molar-refractivity contribution < 1.29 is 4.39 Å². The van der Waals surface area contributed by atoms with Crippen LogP contribution in [0.2, 0.25) is 0 Å². The normalized spacial score (nSPS) is 12.7. The molecule has 1 heterocycles. The van der Waals surface area contributed by atoms with Gasteiger partial charge in [0.1, 0.15) is 11.6 Å². The van der Waals surface area contributed by atoms with E-state index in [0.717, 1.165) is 35.4 Å². The Kier molecular flexibility index (Phi) is 4.23. The van der Waals surface area contributed by atoms with E-state index in [1.54, 1.807) is 13.0 Å². The number of nitrogens with zero attached hydrogens (tertiary/aromatic N) is 2. The van der Waals surface area contributed by atoms with Crippen molar-refractivity contribution in [1.29, 1.82) is 0 Å². The molecule has 0 spiro atoms. The van der Waals surface area contributed by atoms with Crippen molar-refractivity contribution in [2.75, 3.05) is 18.0 Å². The van der Waals surface area contributed by atoms with Crippen LogP contribution in [0.15, 0.2) is 18.2 Å². The molecule has 4 heteroatoms. The molecule has 2 aromatic rings. The lowest BCUT2D eigenvalue weighted by atomic mass is 10.0. The summed E-state index contributed by atoms with van der Waals surface area (Å²) in [6.45, 7) is 9.58. The summed E-state index contributed by atoms with van der Waals surface area (Å²) >= 11 is 0. The van der Waals surface area contributed by atoms with Gasteiger partial charge in [0, 0.05) is 35.6 Å². The first-order valence-corrected chi connectivity index (χ1v) is 7.09. The first-order chi connectivity index (χ1) is 9.49. The third-order valence-corrected chi connectivity index (χ3v) is 3.74. The quantitative estimate of drug-likeness (QED) is 0.928. The van der Waals surface area contributed by atoms with Gasteiger partial charge in [0.25, 0.3) is 0 Å². The Morgan fingerprint density at radius 2 is 1.95 bits per heavy atom. The summed E-state index contributed by atoms with van der Waals surface area (Å²) in [4.78, 5) is 6.86. The van der Waals surface area contributed by atoms with E-state index in [-0.39, 0.29) is 11.9 Å². The minimum absolute atomic E-state index is 0.104. The number of aromatic nitrogens is 1. The maximum Gasteiger partial charge on any atom is 0.134 e. The molecule has 0 fully saturated rings. The number of rotatable bonds is 4. The van der Waals surface area contributed by atoms with Gasteiger partial charge >= 0.3 is 0 Å². The molecule has 2 rings (SSSR count). The lowest BCUT2D eigenvalue weighted by molar-refractivity contribution is 0.620. The van der Waals surface area contributed by atoms with Crippen LogP contribution in [-0.2, 0) is 0 Å². The van der Waals surface area contributed by atoms with Crippen molar-refractivity contribution in [3.05, 3.63) is 35.1 Å². The van der Waals surface area contributed by atoms with Gasteiger partial charge in [-0.1, -0.05) is 0 Å². The van der Waals surface area contributed by atoms with E-state index in [1.807, 2.05) is 13.0 Å². The largest absolute Gasteiger partial charge is 0.357 e. The van der Waals surface area contributed by atoms with E-state index >= 15 is 0 Å². The van der Waals surface area contributed by atoms with Gasteiger partial charge in [-0.2, -0.15) is 0 Å². The Labute approximate surface area is 119 Å². The second kappa shape index (κ2) is 5.75. The van der Waals surface area contributed by atoms with Crippen molar-refractivity contribution in [1.82, 2.24) is 4.98 Å². The lowest BCUT2D eigenvalue weighted by Gasteiger charge is -2.25. The summed E-state index contributed by atoms with van der Waals surface area (Å²) in [6.07, 6.45) is 0. The van der Waals surface area contributed by atoms with Crippen molar-refractivity contribution >= 4 is 16.7 Å². The number of aryl methyl sites for hydroxylation is 1. The van der Waals surface area contributed by atoms with Crippen LogP contribution in [0.25, 0.3) is 10.9 Å². The standard InChI is InChI=1S/C16H22FN3/c1-5-20(6-2)16-13(11(4)18)9-12-7-8-14(17)10(3)15(12)19-16/h7-9,11H,5-6,18H2,1-4H3/t11-/m0/s1. The summed E-state index contributed by atoms with van der Waals surface area (Å²) in [5.74, 6) is 0.648. The zero-order valence-electron chi connectivity index (χ0n) is 12.6. The molecule has 0 saturated carbocycles. The van der Waals surface area contributed by atoms with Crippen molar-refractivity contribution in [3.8, 4) is 0 Å². The molecule has 0 aliphatic carbocycles. The predicted octanol–water partition coefficient (Wildman–Crippen LogP) is 3.55. The maximum absolute atomic E-state index is 13.7. The molecule has 0 aliphatic rings. The zero-order valence-corrected chi connectivity index (χ0v) is 12.6. The molecule has 1 aromatic heterocycles. The number of hydrogen-bond donors (Lipinski definition) is 1. The SMILES string of the molecule is CCN(CC)c1nc2c(C)c(F)ccc2cc1[C@H](C)N. The number of hydrogen-bond acceptors (Lipinski definition) is 3. The molecule has 1 atom stereocenters. The second-order valence-corrected chi connectivity index (χ2v) is 5.11. The summed E-state index contributed by atoms with van der Waals surface area (Å²) in [5, 5.41) is 0.937. The fourth-order valence-corrected chi connectivity index (χ4v) is 2.48. The fourth-order valence-electron chi connectivity index (χ4n) is 2.48. The number of fused-ring (bicyclic) bond motifs is 1. The molecule has 2 N–H and O–H groups in total. The lowest BCUT2D eigenvalue weighted by Crippen LogP contribution is -2.26. The third kappa shape index (κ3) is 2.48. The molecule has 3 nitrogen and oxygen atoms in total. The molecular formula is C16H22FN3. The van der Waals surface area contributed by atoms with Crippen molar-refractivity contribution in [2.24, 2.45) is 5.73 Å². The molecule has 0 amide bonds. The topological polar surface area (TPSA) is 42.2 Å². The van der Waals surface area contributed by atoms with Crippen LogP contribution in [0.1, 0.15) is 37.9 Å². The van der Waals surface area contributed by atoms with Gasteiger partial charge in [-0.05, 0) is 45.9 Å². The minimum Gasteiger partial charge on any atom is -0.357 e. The number of halogens is 1. The third-order valence-electron chi connectivity index (χ3n) is 3.74. The second-order valence-electron chi connectivity index (χ2n) is 5.11. The summed E-state index contributed by atoms with van der Waals surface area (Å²) in [7, 11) is 0. The van der Waals surface area contributed by atoms with Gasteiger partial charge in [0.15, 0.2) is 0 Å². The Bertz CT molecular complexity index is 619. The van der Waals surface area contributed by atoms with Crippen LogP contribution >= 0.6 is 0 Å². The van der Waals surface area contributed by atoms with Gasteiger partial charge < -0.3 is 10.6 Å². The zero-order chi connectivity index (χ0) is 14.9. The molecule has 1 aromatic carbocycles. The van der Waals surface area contributed by atoms with Crippen LogP contribution in [0, 0.1) is 12.7 Å². The predicted molar refractivity (Wildman–Crippen MR) is 82.6 cm³/mol. The molecule has 0 radical (unpaired) electrons. The highest BCUT2D eigenvalue weighted by Crippen LogP contribution is 2.29. The van der Waals surface area contributed by atoms with Crippen LogP contribution < -0.4 is 10.6 Å². The van der Waals surface area contributed by atoms with E-state index in [4.69, 9.17) is 10.7 Å². The average Bonchev–Trinajstić information content (AvgIpc) is 2.44. The first kappa shape index (κ1) is 14.7. The monoisotopic (exact) mass is 275 g/mol. The Hall–Kier alpha value is -1.68. The average molecular weight is 275 g/mol. The van der Waals surface area contributed by atoms with Crippen molar-refractivity contribution in [2.45, 2.75) is 33.7 Å². The summed E-state index contributed by atoms with van der Waals surface area (Å²) in [6, 6.07) is 5.18. The maximum atomic E-state index is 13.7. The fraction of sp³-hybridized carbons (Fsp3) is 0.438. The van der Waals surface area contributed by atoms with E-state index in [2.05, 4.69) is 18.7 Å². The molecule has 0 aliphatic heterocycles. The molecule has 0 bridgehead atoms. The van der Waals surface area contributed by atoms with Gasteiger partial charge in [-0.15, -0.1) is 0 Å². The number of benzene rings is 1. The minimum atomic E-state index is -0.218. The smallest absolute Gasteiger partial charge is 0.134 e. The summed E-state index contributed by atoms with van der Waals surface area (Å²) < 4.78 is 13.7. The van der Waals surface area contributed by atoms with Crippen molar-refractivity contribution in [3.63, 3.8) is 0 Å². The summed E-state index contributed by atoms with van der Waals surface area (Å²) in [5.41, 5.74) is 8.40. The number of anilines is 1. The molecule has 0 unspecified atom stereocenters. The Morgan fingerprint density at radius 3 is 2.50 bits per heavy atom. The van der Waals surface area contributed by atoms with Crippen LogP contribution in [-0.4, -0.2) is 18.1 Å². The number of pyridine rings is 1. The van der Waals surface area contributed by atoms with Gasteiger partial charge in [0.05, 0.1) is 5.52 Å². The van der Waals surface area contributed by atoms with Gasteiger partial charge in [0.2, 0.25) is 0 Å². The van der Waals surface area contributed by atoms with Gasteiger partial charge in [-0.25, -0.2) is 9.37 Å². The Morgan fingerprint density at radius 1 is 1.30 bits per heavy atom. The molecule has 0 saturated heterocycles. The molecule has 108 valence electrons. The van der Waals surface area contributed by atoms with E-state index in [9.17, 15) is 4.39 Å². The highest BCUT2D eigenvalue weighted by atomic mass is 19.1. The van der Waals surface area contributed by atoms with Crippen LogP contribution in [0.5, 0.6) is 0 Å². The van der Waals surface area contributed by atoms with E-state index in [0.29, 0.717) is 5.56 Å². The molecule has 20 heavy (non-hydrogen) atoms. The van der Waals surface area contributed by atoms with E-state index in [1.165, 1.54) is 6.07 Å². The van der Waals surface area contributed by atoms with Crippen LogP contribution in [0.3, 0.4) is 0 Å². The molecular weight excluding hydrogens is 253 g/mol. The van der Waals surface area contributed by atoms with Crippen LogP contribution in [0.4, 0.5) is 10.2 Å². The van der Waals surface area contributed by atoms with E-state index < -0.39 is 0 Å². The Balaban J connectivity index is 2.76. The number of nitrogens with two attached hydrogens (primary N) is 1. The highest BCUT2D eigenvalue weighted by Gasteiger charge is 2.16. The highest BCUT2D eigenvalue weighted by molar-refractivity contribution is 5.85. The first-order valence-electron chi connectivity index (χ1n) is 7.09. The van der Waals surface area contributed by atoms with Gasteiger partial charge in [-0.3, -0.25) is 0 Å².